The summed E-state index contributed by atoms with van der Waals surface area (Å²) in [6.07, 6.45) is 6.52. The zero-order chi connectivity index (χ0) is 46.8. The Labute approximate surface area is 398 Å². The summed E-state index contributed by atoms with van der Waals surface area (Å²) in [4.78, 5) is 66.5. The number of benzene rings is 5. The summed E-state index contributed by atoms with van der Waals surface area (Å²) >= 11 is 0. The number of methoxy groups -OCH3 is 1. The maximum absolute atomic E-state index is 14.0. The Hall–Kier alpha value is -6.58. The van der Waals surface area contributed by atoms with Crippen molar-refractivity contribution in [3.8, 4) is 17.2 Å². The van der Waals surface area contributed by atoms with Gasteiger partial charge in [0.15, 0.2) is 11.5 Å². The molecule has 5 aromatic rings. The zero-order valence-corrected chi connectivity index (χ0v) is 39.7. The van der Waals surface area contributed by atoms with Crippen LogP contribution in [0.15, 0.2) is 101 Å². The molecule has 2 N–H and O–H groups in total. The maximum Gasteiger partial charge on any atom is 0.261 e. The van der Waals surface area contributed by atoms with Crippen molar-refractivity contribution >= 4 is 86.1 Å². The fraction of sp³-hybridized carbons (Fsp3) is 0.308. The number of anilines is 3. The monoisotopic (exact) mass is 936 g/mol. The van der Waals surface area contributed by atoms with Crippen molar-refractivity contribution in [3.63, 3.8) is 0 Å². The highest BCUT2D eigenvalue weighted by Crippen LogP contribution is 2.43. The van der Waals surface area contributed by atoms with E-state index in [9.17, 15) is 19.2 Å². The van der Waals surface area contributed by atoms with Gasteiger partial charge in [0, 0.05) is 84.9 Å². The Morgan fingerprint density at radius 3 is 1.91 bits per heavy atom. The van der Waals surface area contributed by atoms with Crippen molar-refractivity contribution in [1.82, 2.24) is 5.32 Å². The van der Waals surface area contributed by atoms with Gasteiger partial charge in [-0.15, -0.1) is 0 Å². The largest absolute Gasteiger partial charge is 0.493 e. The number of aliphatic imine (C=N–C) groups is 2. The lowest BCUT2D eigenvalue weighted by Gasteiger charge is -2.23. The summed E-state index contributed by atoms with van der Waals surface area (Å²) in [6.45, 7) is 6.21. The Bertz CT molecular complexity index is 2850. The van der Waals surface area contributed by atoms with E-state index < -0.39 is 0 Å². The number of hydrogen-bond acceptors (Lipinski definition) is 11. The van der Waals surface area contributed by atoms with Crippen LogP contribution in [0.3, 0.4) is 0 Å². The Balaban J connectivity index is 0.942. The van der Waals surface area contributed by atoms with Gasteiger partial charge in [-0.2, -0.15) is 0 Å². The molecule has 15 heteroatoms. The van der Waals surface area contributed by atoms with Gasteiger partial charge < -0.3 is 24.8 Å². The Kier molecular flexibility index (Phi) is 13.1. The van der Waals surface area contributed by atoms with Gasteiger partial charge in [0.25, 0.3) is 11.8 Å². The molecule has 344 valence electrons. The highest BCUT2D eigenvalue weighted by atomic mass is 33.1. The third-order valence-electron chi connectivity index (χ3n) is 12.2. The molecule has 13 nitrogen and oxygen atoms in total. The normalized spacial score (nSPS) is 16.5. The van der Waals surface area contributed by atoms with E-state index in [0.29, 0.717) is 64.7 Å². The number of rotatable bonds is 16. The third kappa shape index (κ3) is 9.80. The number of nitrogens with one attached hydrogen (secondary N) is 2. The summed E-state index contributed by atoms with van der Waals surface area (Å²) in [5, 5.41) is 5.77. The van der Waals surface area contributed by atoms with E-state index in [4.69, 9.17) is 24.2 Å². The molecular weight excluding hydrogens is 885 g/mol. The number of ether oxygens (including phenoxy) is 3. The van der Waals surface area contributed by atoms with Crippen LogP contribution in [0.1, 0.15) is 81.6 Å². The molecule has 4 aliphatic rings. The standard InChI is InChI=1S/C52H52N6O7S2/c1-31-17-39-41(54-27-37-21-34-11-6-8-13-43(34)57(37)50(39)61)24-45(31)64-29-32-18-33(20-36(19-32)56-49(60)26-52(2,3)67-66-16-10-15-48(59)53-4)30-65-47-25-42-40(23-46(47)63-5)51(62)58-38(28-55-42)22-35-12-7-9-14-44(35)58/h6-9,11-14,17-20,23-25,27-28,37-38H,10,15-16,21-22,26,29-30H2,1-5H3,(H,53,59)(H,56,60)/t37-,38-/m0/s1. The SMILES string of the molecule is CNC(=O)CCCSSC(C)(C)CC(=O)Nc1cc(COc2cc3c(cc2C)C(=O)N2c4ccccc4C[C@H]2C=N3)cc(COc2cc3c(cc2OC)C(=O)N2c4ccccc4C[C@H]2C=N3)c1. The fourth-order valence-electron chi connectivity index (χ4n) is 8.95. The topological polar surface area (TPSA) is 151 Å². The molecule has 0 spiro atoms. The molecule has 0 saturated heterocycles. The minimum atomic E-state index is -0.384. The maximum atomic E-state index is 14.0. The van der Waals surface area contributed by atoms with Gasteiger partial charge in [-0.25, -0.2) is 0 Å². The van der Waals surface area contributed by atoms with Gasteiger partial charge in [-0.05, 0) is 97.5 Å². The van der Waals surface area contributed by atoms with Crippen LogP contribution >= 0.6 is 21.6 Å². The molecule has 4 aliphatic heterocycles. The van der Waals surface area contributed by atoms with E-state index in [1.54, 1.807) is 45.7 Å². The van der Waals surface area contributed by atoms with Gasteiger partial charge in [0.2, 0.25) is 11.8 Å². The molecule has 9 rings (SSSR count). The molecule has 2 atom stereocenters. The molecule has 0 saturated carbocycles. The first kappa shape index (κ1) is 45.6. The predicted octanol–water partition coefficient (Wildman–Crippen LogP) is 9.75. The smallest absolute Gasteiger partial charge is 0.261 e. The molecule has 67 heavy (non-hydrogen) atoms. The lowest BCUT2D eigenvalue weighted by Crippen LogP contribution is -2.37. The number of para-hydroxylation sites is 2. The van der Waals surface area contributed by atoms with Crippen molar-refractivity contribution in [2.75, 3.05) is 35.0 Å². The number of hydrogen-bond donors (Lipinski definition) is 2. The number of aryl methyl sites for hydroxylation is 1. The van der Waals surface area contributed by atoms with Crippen LogP contribution in [0.4, 0.5) is 28.4 Å². The second-order valence-corrected chi connectivity index (χ2v) is 20.8. The lowest BCUT2D eigenvalue weighted by atomic mass is 10.1. The van der Waals surface area contributed by atoms with Crippen LogP contribution in [0.25, 0.3) is 0 Å². The van der Waals surface area contributed by atoms with Crippen LogP contribution in [-0.4, -0.2) is 72.8 Å². The molecule has 5 aromatic carbocycles. The predicted molar refractivity (Wildman–Crippen MR) is 268 cm³/mol. The Morgan fingerprint density at radius 2 is 1.31 bits per heavy atom. The molecule has 4 amide bonds. The quantitative estimate of drug-likeness (QED) is 0.0728. The average molecular weight is 937 g/mol. The first-order valence-corrected chi connectivity index (χ1v) is 24.7. The number of fused-ring (bicyclic) bond motifs is 8. The molecule has 0 bridgehead atoms. The van der Waals surface area contributed by atoms with Gasteiger partial charge in [0.1, 0.15) is 19.0 Å². The van der Waals surface area contributed by atoms with Crippen molar-refractivity contribution in [1.29, 1.82) is 0 Å². The van der Waals surface area contributed by atoms with Crippen molar-refractivity contribution in [2.24, 2.45) is 9.98 Å². The summed E-state index contributed by atoms with van der Waals surface area (Å²) in [7, 11) is 6.46. The number of carbonyl (C=O) groups excluding carboxylic acids is 4. The fourth-order valence-corrected chi connectivity index (χ4v) is 11.5. The highest BCUT2D eigenvalue weighted by molar-refractivity contribution is 8.77. The second kappa shape index (κ2) is 19.3. The van der Waals surface area contributed by atoms with Crippen LogP contribution in [0.2, 0.25) is 0 Å². The minimum Gasteiger partial charge on any atom is -0.493 e. The number of carbonyl (C=O) groups is 4. The van der Waals surface area contributed by atoms with Gasteiger partial charge in [-0.1, -0.05) is 58.0 Å². The van der Waals surface area contributed by atoms with Crippen molar-refractivity contribution in [3.05, 3.63) is 130 Å². The molecule has 4 heterocycles. The van der Waals surface area contributed by atoms with E-state index in [1.165, 1.54) is 7.11 Å². The van der Waals surface area contributed by atoms with E-state index in [1.807, 2.05) is 111 Å². The van der Waals surface area contributed by atoms with E-state index in [2.05, 4.69) is 16.7 Å². The minimum absolute atomic E-state index is 0.0162. The van der Waals surface area contributed by atoms with Crippen molar-refractivity contribution < 1.29 is 33.4 Å². The summed E-state index contributed by atoms with van der Waals surface area (Å²) in [5.74, 6) is 1.78. The van der Waals surface area contributed by atoms with Crippen LogP contribution in [-0.2, 0) is 35.6 Å². The molecule has 0 radical (unpaired) electrons. The van der Waals surface area contributed by atoms with E-state index in [-0.39, 0.29) is 60.1 Å². The van der Waals surface area contributed by atoms with Gasteiger partial charge in [-0.3, -0.25) is 39.0 Å². The van der Waals surface area contributed by atoms with Crippen LogP contribution in [0, 0.1) is 6.92 Å². The number of amides is 4. The van der Waals surface area contributed by atoms with Crippen molar-refractivity contribution in [2.45, 2.75) is 82.9 Å². The summed E-state index contributed by atoms with van der Waals surface area (Å²) in [6, 6.07) is 28.3. The number of nitrogens with zero attached hydrogens (tertiary/aromatic N) is 4. The third-order valence-corrected chi connectivity index (χ3v) is 15.6. The Morgan fingerprint density at radius 1 is 0.746 bits per heavy atom. The van der Waals surface area contributed by atoms with Gasteiger partial charge in [0.05, 0.1) is 41.7 Å². The second-order valence-electron chi connectivity index (χ2n) is 17.6. The summed E-state index contributed by atoms with van der Waals surface area (Å²) < 4.78 is 18.3. The van der Waals surface area contributed by atoms with Gasteiger partial charge >= 0.3 is 0 Å². The zero-order valence-electron chi connectivity index (χ0n) is 38.1. The van der Waals surface area contributed by atoms with E-state index >= 15 is 0 Å². The molecule has 0 fully saturated rings. The summed E-state index contributed by atoms with van der Waals surface area (Å²) in [5.41, 5.74) is 8.86. The molecular formula is C52H52N6O7S2. The molecule has 0 aromatic heterocycles. The average Bonchev–Trinajstić information content (AvgIpc) is 3.81. The van der Waals surface area contributed by atoms with E-state index in [0.717, 1.165) is 51.4 Å². The molecule has 0 unspecified atom stereocenters. The van der Waals surface area contributed by atoms with Crippen LogP contribution < -0.4 is 34.6 Å². The van der Waals surface area contributed by atoms with Crippen LogP contribution in [0.5, 0.6) is 17.2 Å². The first-order chi connectivity index (χ1) is 32.4. The highest BCUT2D eigenvalue weighted by Gasteiger charge is 2.38. The molecule has 0 aliphatic carbocycles. The first-order valence-electron chi connectivity index (χ1n) is 22.4. The lowest BCUT2D eigenvalue weighted by molar-refractivity contribution is -0.120.